The molecule has 2 heteroatoms. The molecule has 1 saturated heterocycles. The van der Waals surface area contributed by atoms with E-state index < -0.39 is 0 Å². The van der Waals surface area contributed by atoms with Crippen molar-refractivity contribution in [2.24, 2.45) is 40.4 Å². The number of hydrogen-bond donors (Lipinski definition) is 0. The van der Waals surface area contributed by atoms with Crippen LogP contribution in [0.1, 0.15) is 85.5 Å². The topological polar surface area (TPSA) is 20.3 Å². The normalized spacial score (nSPS) is 52.5. The summed E-state index contributed by atoms with van der Waals surface area (Å²) in [5, 5.41) is 0. The fraction of sp³-hybridized carbons (Fsp3) is 0.957. The maximum absolute atomic E-state index is 12.3. The van der Waals surface area contributed by atoms with Crippen molar-refractivity contribution in [3.8, 4) is 0 Å². The zero-order valence-corrected chi connectivity index (χ0v) is 17.2. The lowest BCUT2D eigenvalue weighted by Gasteiger charge is -2.63. The first-order valence-electron chi connectivity index (χ1n) is 11.1. The van der Waals surface area contributed by atoms with Gasteiger partial charge in [-0.25, -0.2) is 0 Å². The van der Waals surface area contributed by atoms with Gasteiger partial charge in [-0.2, -0.15) is 0 Å². The first-order chi connectivity index (χ1) is 11.8. The Hall–Kier alpha value is -0.530. The Morgan fingerprint density at radius 3 is 2.64 bits per heavy atom. The van der Waals surface area contributed by atoms with Gasteiger partial charge in [-0.3, -0.25) is 4.79 Å². The van der Waals surface area contributed by atoms with Crippen molar-refractivity contribution in [2.45, 2.75) is 91.5 Å². The van der Waals surface area contributed by atoms with E-state index in [9.17, 15) is 4.79 Å². The van der Waals surface area contributed by atoms with E-state index in [0.717, 1.165) is 42.4 Å². The Bertz CT molecular complexity index is 544. The highest BCUT2D eigenvalue weighted by atomic mass is 16.2. The molecule has 1 amide bonds. The van der Waals surface area contributed by atoms with Gasteiger partial charge in [0.1, 0.15) is 0 Å². The highest BCUT2D eigenvalue weighted by Gasteiger charge is 2.61. The Labute approximate surface area is 155 Å². The van der Waals surface area contributed by atoms with Gasteiger partial charge in [0.2, 0.25) is 5.91 Å². The summed E-state index contributed by atoms with van der Waals surface area (Å²) in [4.78, 5) is 14.5. The number of nitrogens with zero attached hydrogens (tertiary/aromatic N) is 1. The number of carbonyl (C=O) groups excluding carboxylic acids is 1. The standard InChI is InChI=1S/C23H39NO/c1-6-7-16-13-18-21-15(2)12-19-23(4,11-9-20(25)24(19)5)17(21)8-10-22(18,3)14-16/h15-19,21H,6-14H2,1-5H3/t15-,16-,17-,18-,19+,21+,22+,23+/m0/s1. The molecule has 0 aromatic carbocycles. The Kier molecular flexibility index (Phi) is 4.28. The first kappa shape index (κ1) is 17.9. The van der Waals surface area contributed by atoms with E-state index in [0.29, 0.717) is 22.8 Å². The number of fused-ring (bicyclic) bond motifs is 5. The largest absolute Gasteiger partial charge is 0.342 e. The average molecular weight is 346 g/mol. The van der Waals surface area contributed by atoms with E-state index in [1.54, 1.807) is 0 Å². The van der Waals surface area contributed by atoms with Crippen LogP contribution in [0, 0.1) is 40.4 Å². The summed E-state index contributed by atoms with van der Waals surface area (Å²) in [5.41, 5.74) is 0.971. The van der Waals surface area contributed by atoms with Crippen LogP contribution in [0.15, 0.2) is 0 Å². The van der Waals surface area contributed by atoms with Crippen LogP contribution in [0.3, 0.4) is 0 Å². The van der Waals surface area contributed by atoms with Crippen molar-refractivity contribution in [3.05, 3.63) is 0 Å². The molecule has 0 spiro atoms. The van der Waals surface area contributed by atoms with Crippen LogP contribution in [0.5, 0.6) is 0 Å². The molecule has 0 radical (unpaired) electrons. The van der Waals surface area contributed by atoms with Crippen molar-refractivity contribution >= 4 is 5.91 Å². The van der Waals surface area contributed by atoms with Crippen LogP contribution in [0.4, 0.5) is 0 Å². The predicted octanol–water partition coefficient (Wildman–Crippen LogP) is 5.51. The third-order valence-electron chi connectivity index (χ3n) is 9.49. The van der Waals surface area contributed by atoms with E-state index in [4.69, 9.17) is 0 Å². The molecule has 4 aliphatic rings. The molecule has 8 atom stereocenters. The third kappa shape index (κ3) is 2.52. The van der Waals surface area contributed by atoms with Crippen molar-refractivity contribution in [1.82, 2.24) is 4.90 Å². The van der Waals surface area contributed by atoms with Gasteiger partial charge in [0.05, 0.1) is 0 Å². The summed E-state index contributed by atoms with van der Waals surface area (Å²) in [5.74, 6) is 4.84. The van der Waals surface area contributed by atoms with Crippen molar-refractivity contribution in [3.63, 3.8) is 0 Å². The molecule has 0 aromatic heterocycles. The fourth-order valence-corrected chi connectivity index (χ4v) is 8.30. The fourth-order valence-electron chi connectivity index (χ4n) is 8.30. The molecular weight excluding hydrogens is 306 g/mol. The second kappa shape index (κ2) is 5.99. The molecule has 4 fully saturated rings. The highest BCUT2D eigenvalue weighted by Crippen LogP contribution is 2.67. The Balaban J connectivity index is 1.64. The number of amides is 1. The van der Waals surface area contributed by atoms with Crippen molar-refractivity contribution < 1.29 is 4.79 Å². The van der Waals surface area contributed by atoms with E-state index >= 15 is 0 Å². The number of piperidine rings is 1. The molecule has 3 saturated carbocycles. The second-order valence-corrected chi connectivity index (χ2v) is 10.8. The van der Waals surface area contributed by atoms with Crippen LogP contribution >= 0.6 is 0 Å². The summed E-state index contributed by atoms with van der Waals surface area (Å²) in [6, 6.07) is 0.488. The zero-order chi connectivity index (χ0) is 18.0. The Morgan fingerprint density at radius 2 is 1.92 bits per heavy atom. The lowest BCUT2D eigenvalue weighted by molar-refractivity contribution is -0.164. The van der Waals surface area contributed by atoms with Crippen LogP contribution < -0.4 is 0 Å². The van der Waals surface area contributed by atoms with Crippen LogP contribution in [-0.4, -0.2) is 23.9 Å². The van der Waals surface area contributed by atoms with Crippen LogP contribution in [0.2, 0.25) is 0 Å². The maximum Gasteiger partial charge on any atom is 0.222 e. The molecule has 1 aliphatic heterocycles. The number of rotatable bonds is 2. The summed E-state index contributed by atoms with van der Waals surface area (Å²) in [6.45, 7) is 10.0. The SMILES string of the molecule is CCC[C@H]1C[C@H]2[C@@H]3[C@@H](C)C[C@H]4N(C)C(=O)CC[C@]4(C)[C@H]3CC[C@]2(C)C1. The smallest absolute Gasteiger partial charge is 0.222 e. The van der Waals surface area contributed by atoms with Crippen molar-refractivity contribution in [2.75, 3.05) is 7.05 Å². The highest BCUT2D eigenvalue weighted by molar-refractivity contribution is 5.77. The van der Waals surface area contributed by atoms with Gasteiger partial charge in [-0.1, -0.05) is 40.5 Å². The molecule has 0 unspecified atom stereocenters. The molecule has 0 bridgehead atoms. The second-order valence-electron chi connectivity index (χ2n) is 10.8. The minimum Gasteiger partial charge on any atom is -0.342 e. The molecule has 0 N–H and O–H groups in total. The van der Waals surface area contributed by atoms with E-state index in [2.05, 4.69) is 39.6 Å². The predicted molar refractivity (Wildman–Crippen MR) is 103 cm³/mol. The maximum atomic E-state index is 12.3. The van der Waals surface area contributed by atoms with Gasteiger partial charge in [0, 0.05) is 19.5 Å². The van der Waals surface area contributed by atoms with Crippen LogP contribution in [-0.2, 0) is 4.79 Å². The molecule has 3 aliphatic carbocycles. The minimum atomic E-state index is 0.365. The Morgan fingerprint density at radius 1 is 1.16 bits per heavy atom. The van der Waals surface area contributed by atoms with Gasteiger partial charge < -0.3 is 4.90 Å². The van der Waals surface area contributed by atoms with Crippen LogP contribution in [0.25, 0.3) is 0 Å². The van der Waals surface area contributed by atoms with Gasteiger partial charge >= 0.3 is 0 Å². The first-order valence-corrected chi connectivity index (χ1v) is 11.1. The van der Waals surface area contributed by atoms with Gasteiger partial charge in [0.25, 0.3) is 0 Å². The lowest BCUT2D eigenvalue weighted by atomic mass is 9.45. The quantitative estimate of drug-likeness (QED) is 0.646. The number of carbonyl (C=O) groups is 1. The van der Waals surface area contributed by atoms with Gasteiger partial charge in [0.15, 0.2) is 0 Å². The summed E-state index contributed by atoms with van der Waals surface area (Å²) < 4.78 is 0. The summed E-state index contributed by atoms with van der Waals surface area (Å²) in [6.07, 6.45) is 11.8. The monoisotopic (exact) mass is 345 g/mol. The van der Waals surface area contributed by atoms with Crippen molar-refractivity contribution in [1.29, 1.82) is 0 Å². The van der Waals surface area contributed by atoms with E-state index in [-0.39, 0.29) is 0 Å². The molecule has 2 nitrogen and oxygen atoms in total. The molecule has 4 rings (SSSR count). The van der Waals surface area contributed by atoms with E-state index in [1.165, 1.54) is 44.9 Å². The minimum absolute atomic E-state index is 0.365. The number of hydrogen-bond acceptors (Lipinski definition) is 1. The van der Waals surface area contributed by atoms with Gasteiger partial charge in [-0.05, 0) is 78.9 Å². The average Bonchev–Trinajstić information content (AvgIpc) is 2.90. The molecule has 25 heavy (non-hydrogen) atoms. The molecule has 142 valence electrons. The third-order valence-corrected chi connectivity index (χ3v) is 9.49. The van der Waals surface area contributed by atoms with Gasteiger partial charge in [-0.15, -0.1) is 0 Å². The zero-order valence-electron chi connectivity index (χ0n) is 17.2. The molecule has 1 heterocycles. The van der Waals surface area contributed by atoms with E-state index in [1.807, 2.05) is 0 Å². The lowest BCUT2D eigenvalue weighted by Crippen LogP contribution is -2.62. The molecule has 0 aromatic rings. The molecular formula is C23H39NO. The summed E-state index contributed by atoms with van der Waals surface area (Å²) in [7, 11) is 2.08. The summed E-state index contributed by atoms with van der Waals surface area (Å²) >= 11 is 0. The number of likely N-dealkylation sites (tertiary alicyclic amines) is 1.